The predicted octanol–water partition coefficient (Wildman–Crippen LogP) is 3.96. The fourth-order valence-electron chi connectivity index (χ4n) is 5.43. The Morgan fingerprint density at radius 2 is 1.85 bits per heavy atom. The Kier molecular flexibility index (Phi) is 5.29. The van der Waals surface area contributed by atoms with Gasteiger partial charge in [0.15, 0.2) is 0 Å². The van der Waals surface area contributed by atoms with Gasteiger partial charge in [-0.25, -0.2) is 4.98 Å². The average Bonchev–Trinajstić information content (AvgIpc) is 3.57. The molecular weight excluding hydrogens is 446 g/mol. The third-order valence-corrected chi connectivity index (χ3v) is 8.75. The third kappa shape index (κ3) is 4.04. The van der Waals surface area contributed by atoms with Gasteiger partial charge in [0.1, 0.15) is 28.5 Å². The lowest BCUT2D eigenvalue weighted by Crippen LogP contribution is -2.43. The van der Waals surface area contributed by atoms with Crippen molar-refractivity contribution in [2.75, 3.05) is 7.05 Å². The summed E-state index contributed by atoms with van der Waals surface area (Å²) in [7, 11) is 2.23. The molecule has 3 aromatic rings. The summed E-state index contributed by atoms with van der Waals surface area (Å²) in [5.74, 6) is 7.13. The molecule has 0 spiro atoms. The van der Waals surface area contributed by atoms with Gasteiger partial charge in [0.2, 0.25) is 0 Å². The van der Waals surface area contributed by atoms with Crippen molar-refractivity contribution in [2.24, 2.45) is 5.92 Å². The van der Waals surface area contributed by atoms with E-state index < -0.39 is 5.60 Å². The molecule has 34 heavy (non-hydrogen) atoms. The Bertz CT molecular complexity index is 1330. The largest absolute Gasteiger partial charge is 0.490 e. The number of thiophene rings is 1. The first-order chi connectivity index (χ1) is 16.4. The van der Waals surface area contributed by atoms with Gasteiger partial charge in [-0.15, -0.1) is 11.3 Å². The maximum absolute atomic E-state index is 13.2. The van der Waals surface area contributed by atoms with Crippen LogP contribution in [0.25, 0.3) is 15.9 Å². The van der Waals surface area contributed by atoms with Gasteiger partial charge in [0, 0.05) is 12.1 Å². The van der Waals surface area contributed by atoms with E-state index in [-0.39, 0.29) is 17.6 Å². The zero-order valence-electron chi connectivity index (χ0n) is 19.5. The molecule has 3 fully saturated rings. The highest BCUT2D eigenvalue weighted by Gasteiger charge is 2.39. The molecule has 4 atom stereocenters. The fraction of sp³-hybridized carbons (Fsp3) is 0.481. The number of hydrogen-bond acceptors (Lipinski definition) is 6. The average molecular weight is 476 g/mol. The van der Waals surface area contributed by atoms with E-state index in [1.165, 1.54) is 24.2 Å². The molecule has 7 heteroatoms. The lowest BCUT2D eigenvalue weighted by Gasteiger charge is -2.36. The second-order valence-corrected chi connectivity index (χ2v) is 11.2. The summed E-state index contributed by atoms with van der Waals surface area (Å²) in [5.41, 5.74) is 0.310. The maximum Gasteiger partial charge on any atom is 0.275 e. The van der Waals surface area contributed by atoms with E-state index in [2.05, 4.69) is 28.8 Å². The minimum Gasteiger partial charge on any atom is -0.490 e. The van der Waals surface area contributed by atoms with Gasteiger partial charge in [-0.05, 0) is 88.7 Å². The number of aromatic nitrogens is 2. The van der Waals surface area contributed by atoms with Gasteiger partial charge in [-0.2, -0.15) is 0 Å². The molecule has 0 amide bonds. The third-order valence-electron chi connectivity index (χ3n) is 7.72. The second kappa shape index (κ2) is 8.23. The number of aliphatic hydroxyl groups is 1. The number of piperidine rings is 1. The number of rotatable bonds is 4. The molecule has 6 rings (SSSR count). The lowest BCUT2D eigenvalue weighted by molar-refractivity contribution is 0.0662. The molecule has 1 aromatic carbocycles. The van der Waals surface area contributed by atoms with Crippen LogP contribution in [0.4, 0.5) is 0 Å². The number of benzene rings is 1. The van der Waals surface area contributed by atoms with Crippen LogP contribution in [-0.4, -0.2) is 50.4 Å². The summed E-state index contributed by atoms with van der Waals surface area (Å²) >= 11 is 1.33. The number of ether oxygens (including phenoxy) is 1. The van der Waals surface area contributed by atoms with Crippen molar-refractivity contribution in [3.8, 4) is 23.3 Å². The maximum atomic E-state index is 13.2. The number of hydrogen-bond donors (Lipinski definition) is 1. The number of nitrogens with zero attached hydrogens (tertiary/aromatic N) is 3. The Labute approximate surface area is 203 Å². The SMILES string of the molecule is CN1[C@@H]2CC[C@H]1C[C@@H](Oc1ccc(-n3cnc4cc(C#CC(C)(O)C5CC5)sc4c3=O)cc1)C2. The molecule has 2 aromatic heterocycles. The highest BCUT2D eigenvalue weighted by Crippen LogP contribution is 2.39. The van der Waals surface area contributed by atoms with Crippen molar-refractivity contribution in [3.05, 3.63) is 51.9 Å². The molecule has 4 heterocycles. The van der Waals surface area contributed by atoms with Crippen LogP contribution in [0.15, 0.2) is 41.5 Å². The summed E-state index contributed by atoms with van der Waals surface area (Å²) in [6.45, 7) is 1.76. The molecule has 6 nitrogen and oxygen atoms in total. The molecule has 176 valence electrons. The van der Waals surface area contributed by atoms with Gasteiger partial charge in [-0.1, -0.05) is 11.8 Å². The first-order valence-electron chi connectivity index (χ1n) is 12.1. The molecule has 1 aliphatic carbocycles. The molecule has 1 N–H and O–H groups in total. The Hall–Kier alpha value is -2.66. The monoisotopic (exact) mass is 475 g/mol. The summed E-state index contributed by atoms with van der Waals surface area (Å²) in [6, 6.07) is 10.8. The van der Waals surface area contributed by atoms with Crippen molar-refractivity contribution >= 4 is 21.6 Å². The minimum atomic E-state index is -0.971. The van der Waals surface area contributed by atoms with Crippen molar-refractivity contribution in [3.63, 3.8) is 0 Å². The lowest BCUT2D eigenvalue weighted by atomic mass is 10.0. The van der Waals surface area contributed by atoms with E-state index >= 15 is 0 Å². The van der Waals surface area contributed by atoms with Crippen molar-refractivity contribution in [2.45, 2.75) is 69.2 Å². The van der Waals surface area contributed by atoms with Gasteiger partial charge >= 0.3 is 0 Å². The van der Waals surface area contributed by atoms with E-state index in [0.29, 0.717) is 22.3 Å². The highest BCUT2D eigenvalue weighted by atomic mass is 32.1. The van der Waals surface area contributed by atoms with Crippen LogP contribution in [0.5, 0.6) is 5.75 Å². The van der Waals surface area contributed by atoms with E-state index in [9.17, 15) is 9.90 Å². The molecule has 3 aliphatic rings. The fourth-order valence-corrected chi connectivity index (χ4v) is 6.32. The molecular formula is C27H29N3O3S. The van der Waals surface area contributed by atoms with Crippen LogP contribution in [0.2, 0.25) is 0 Å². The molecule has 2 saturated heterocycles. The second-order valence-electron chi connectivity index (χ2n) is 10.2. The van der Waals surface area contributed by atoms with Crippen LogP contribution in [-0.2, 0) is 0 Å². The highest BCUT2D eigenvalue weighted by molar-refractivity contribution is 7.19. The van der Waals surface area contributed by atoms with E-state index in [1.54, 1.807) is 17.8 Å². The van der Waals surface area contributed by atoms with Crippen LogP contribution >= 0.6 is 11.3 Å². The molecule has 2 bridgehead atoms. The quantitative estimate of drug-likeness (QED) is 0.579. The summed E-state index contributed by atoms with van der Waals surface area (Å²) in [4.78, 5) is 20.9. The van der Waals surface area contributed by atoms with Crippen LogP contribution in [0, 0.1) is 17.8 Å². The van der Waals surface area contributed by atoms with Gasteiger partial charge in [-0.3, -0.25) is 9.36 Å². The summed E-state index contributed by atoms with van der Waals surface area (Å²) < 4.78 is 8.43. The topological polar surface area (TPSA) is 67.6 Å². The molecule has 1 saturated carbocycles. The molecule has 0 radical (unpaired) electrons. The van der Waals surface area contributed by atoms with E-state index in [4.69, 9.17) is 4.74 Å². The van der Waals surface area contributed by atoms with Crippen molar-refractivity contribution < 1.29 is 9.84 Å². The molecule has 1 unspecified atom stereocenters. The van der Waals surface area contributed by atoms with Crippen LogP contribution in [0.1, 0.15) is 50.3 Å². The smallest absolute Gasteiger partial charge is 0.275 e. The van der Waals surface area contributed by atoms with E-state index in [0.717, 1.165) is 42.0 Å². The van der Waals surface area contributed by atoms with Crippen molar-refractivity contribution in [1.29, 1.82) is 0 Å². The van der Waals surface area contributed by atoms with Crippen LogP contribution < -0.4 is 10.3 Å². The first-order valence-corrected chi connectivity index (χ1v) is 12.9. The standard InChI is InChI=1S/C27H29N3O3S/c1-27(32,17-3-4-17)12-11-23-15-24-25(34-23)26(31)30(16-28-24)18-7-9-21(10-8-18)33-22-13-19-5-6-20(14-22)29(19)2/h7-10,15-17,19-20,22,32H,3-6,13-14H2,1-2H3/t19-,20+,22+,27?. The van der Waals surface area contributed by atoms with Crippen molar-refractivity contribution in [1.82, 2.24) is 14.5 Å². The van der Waals surface area contributed by atoms with Crippen LogP contribution in [0.3, 0.4) is 0 Å². The Balaban J connectivity index is 1.20. The summed E-state index contributed by atoms with van der Waals surface area (Å²) in [6.07, 6.45) is 8.56. The zero-order chi connectivity index (χ0) is 23.4. The number of fused-ring (bicyclic) bond motifs is 3. The van der Waals surface area contributed by atoms with Gasteiger partial charge in [0.25, 0.3) is 5.56 Å². The Morgan fingerprint density at radius 3 is 2.53 bits per heavy atom. The normalized spacial score (nSPS) is 26.1. The zero-order valence-corrected chi connectivity index (χ0v) is 20.3. The van der Waals surface area contributed by atoms with Gasteiger partial charge < -0.3 is 14.7 Å². The first kappa shape index (κ1) is 21.8. The minimum absolute atomic E-state index is 0.113. The van der Waals surface area contributed by atoms with Gasteiger partial charge in [0.05, 0.1) is 16.1 Å². The van der Waals surface area contributed by atoms with E-state index in [1.807, 2.05) is 30.3 Å². The predicted molar refractivity (Wildman–Crippen MR) is 134 cm³/mol. The summed E-state index contributed by atoms with van der Waals surface area (Å²) in [5, 5.41) is 10.4. The molecule has 2 aliphatic heterocycles. The Morgan fingerprint density at radius 1 is 1.15 bits per heavy atom.